The van der Waals surface area contributed by atoms with Crippen molar-refractivity contribution in [2.45, 2.75) is 25.3 Å². The van der Waals surface area contributed by atoms with Gasteiger partial charge in [0.25, 0.3) is 5.56 Å². The van der Waals surface area contributed by atoms with Gasteiger partial charge < -0.3 is 5.73 Å². The van der Waals surface area contributed by atoms with Gasteiger partial charge in [0, 0.05) is 18.5 Å². The van der Waals surface area contributed by atoms with Crippen LogP contribution in [-0.4, -0.2) is 16.2 Å². The number of halogens is 2. The maximum atomic E-state index is 10.9. The van der Waals surface area contributed by atoms with Crippen LogP contribution in [0, 0.1) is 0 Å². The van der Waals surface area contributed by atoms with Crippen molar-refractivity contribution >= 4 is 24.8 Å². The number of H-pyrrole nitrogens is 1. The fourth-order valence-electron chi connectivity index (χ4n) is 1.55. The molecule has 0 aliphatic heterocycles. The van der Waals surface area contributed by atoms with Crippen LogP contribution in [-0.2, 0) is 12.8 Å². The summed E-state index contributed by atoms with van der Waals surface area (Å²) in [5.74, 6) is 0. The molecule has 0 aromatic carbocycles. The minimum atomic E-state index is -0.121. The number of aromatic amines is 1. The second-order valence-electron chi connectivity index (χ2n) is 3.21. The molecule has 0 radical (unpaired) electrons. The quantitative estimate of drug-likeness (QED) is 0.688. The van der Waals surface area contributed by atoms with E-state index in [0.717, 1.165) is 30.5 Å². The Morgan fingerprint density at radius 3 is 2.93 bits per heavy atom. The zero-order valence-corrected chi connectivity index (χ0v) is 9.16. The van der Waals surface area contributed by atoms with E-state index in [1.807, 2.05) is 0 Å². The van der Waals surface area contributed by atoms with Crippen molar-refractivity contribution in [1.29, 1.82) is 0 Å². The summed E-state index contributed by atoms with van der Waals surface area (Å²) < 4.78 is 0. The third-order valence-corrected chi connectivity index (χ3v) is 2.22. The topological polar surface area (TPSA) is 71.8 Å². The molecule has 0 saturated carbocycles. The van der Waals surface area contributed by atoms with Crippen molar-refractivity contribution in [3.63, 3.8) is 0 Å². The van der Waals surface area contributed by atoms with E-state index in [4.69, 9.17) is 5.73 Å². The van der Waals surface area contributed by atoms with Gasteiger partial charge >= 0.3 is 0 Å². The van der Waals surface area contributed by atoms with Crippen molar-refractivity contribution in [3.8, 4) is 0 Å². The number of aryl methyl sites for hydroxylation is 1. The summed E-state index contributed by atoms with van der Waals surface area (Å²) in [6, 6.07) is 1.82. The van der Waals surface area contributed by atoms with Crippen molar-refractivity contribution < 1.29 is 0 Å². The fraction of sp³-hybridized carbons (Fsp3) is 0.500. The van der Waals surface area contributed by atoms with Crippen LogP contribution in [0.15, 0.2) is 10.9 Å². The Hall–Kier alpha value is -0.580. The maximum Gasteiger partial charge on any atom is 0.264 e. The molecule has 2 rings (SSSR count). The number of fused-ring (bicyclic) bond motifs is 1. The highest BCUT2D eigenvalue weighted by Crippen LogP contribution is 2.15. The van der Waals surface area contributed by atoms with Gasteiger partial charge in [-0.1, -0.05) is 0 Å². The first-order chi connectivity index (χ1) is 5.75. The first-order valence-electron chi connectivity index (χ1n) is 4.09. The summed E-state index contributed by atoms with van der Waals surface area (Å²) in [6.45, 7) is 0. The summed E-state index contributed by atoms with van der Waals surface area (Å²) in [7, 11) is 0. The molecule has 1 atom stereocenters. The molecule has 1 aliphatic rings. The molecule has 1 unspecified atom stereocenters. The van der Waals surface area contributed by atoms with Gasteiger partial charge in [0.1, 0.15) is 0 Å². The minimum Gasteiger partial charge on any atom is -0.327 e. The highest BCUT2D eigenvalue weighted by molar-refractivity contribution is 5.85. The second-order valence-corrected chi connectivity index (χ2v) is 3.21. The number of nitrogens with one attached hydrogen (secondary N) is 1. The summed E-state index contributed by atoms with van der Waals surface area (Å²) in [5, 5.41) is 6.37. The van der Waals surface area contributed by atoms with Crippen LogP contribution in [0.25, 0.3) is 0 Å². The molecule has 0 amide bonds. The summed E-state index contributed by atoms with van der Waals surface area (Å²) in [6.07, 6.45) is 2.62. The molecule has 80 valence electrons. The van der Waals surface area contributed by atoms with Crippen LogP contribution >= 0.6 is 24.8 Å². The molecule has 14 heavy (non-hydrogen) atoms. The van der Waals surface area contributed by atoms with E-state index in [9.17, 15) is 4.79 Å². The van der Waals surface area contributed by atoms with Crippen LogP contribution in [0.1, 0.15) is 17.7 Å². The van der Waals surface area contributed by atoms with E-state index >= 15 is 0 Å². The number of rotatable bonds is 0. The fourth-order valence-corrected chi connectivity index (χ4v) is 1.55. The molecule has 6 heteroatoms. The molecule has 1 aliphatic carbocycles. The number of hydrogen-bond donors (Lipinski definition) is 2. The van der Waals surface area contributed by atoms with Crippen molar-refractivity contribution in [1.82, 2.24) is 10.2 Å². The van der Waals surface area contributed by atoms with Crippen LogP contribution < -0.4 is 11.3 Å². The smallest absolute Gasteiger partial charge is 0.264 e. The lowest BCUT2D eigenvalue weighted by Crippen LogP contribution is -2.30. The van der Waals surface area contributed by atoms with Crippen molar-refractivity contribution in [3.05, 3.63) is 27.7 Å². The molecule has 0 spiro atoms. The second kappa shape index (κ2) is 5.34. The van der Waals surface area contributed by atoms with Gasteiger partial charge in [-0.2, -0.15) is 5.10 Å². The normalized spacial score (nSPS) is 18.8. The van der Waals surface area contributed by atoms with Gasteiger partial charge in [-0.3, -0.25) is 4.79 Å². The maximum absolute atomic E-state index is 10.9. The molecular formula is C8H13Cl2N3O. The Labute approximate surface area is 94.1 Å². The molecule has 0 saturated heterocycles. The van der Waals surface area contributed by atoms with E-state index in [2.05, 4.69) is 10.2 Å². The Morgan fingerprint density at radius 2 is 2.21 bits per heavy atom. The third-order valence-electron chi connectivity index (χ3n) is 2.22. The zero-order valence-electron chi connectivity index (χ0n) is 7.53. The van der Waals surface area contributed by atoms with E-state index in [1.54, 1.807) is 6.07 Å². The van der Waals surface area contributed by atoms with Crippen LogP contribution in [0.5, 0.6) is 0 Å². The lowest BCUT2D eigenvalue weighted by molar-refractivity contribution is 0.557. The summed E-state index contributed by atoms with van der Waals surface area (Å²) in [4.78, 5) is 10.9. The standard InChI is InChI=1S/C8H11N3O.2ClH/c9-6-2-1-5-3-8(12)11-10-7(5)4-6;;/h3,6H,1-2,4,9H2,(H,11,12);2*1H. The van der Waals surface area contributed by atoms with E-state index in [-0.39, 0.29) is 36.4 Å². The first-order valence-corrected chi connectivity index (χ1v) is 4.09. The Balaban J connectivity index is 0.000000845. The van der Waals surface area contributed by atoms with E-state index < -0.39 is 0 Å². The average molecular weight is 238 g/mol. The molecule has 4 nitrogen and oxygen atoms in total. The molecular weight excluding hydrogens is 225 g/mol. The zero-order chi connectivity index (χ0) is 8.55. The molecule has 3 N–H and O–H groups in total. The number of aromatic nitrogens is 2. The van der Waals surface area contributed by atoms with Crippen LogP contribution in [0.3, 0.4) is 0 Å². The Bertz CT molecular complexity index is 353. The third kappa shape index (κ3) is 2.70. The van der Waals surface area contributed by atoms with Gasteiger partial charge in [-0.15, -0.1) is 24.8 Å². The molecule has 1 aromatic heterocycles. The summed E-state index contributed by atoms with van der Waals surface area (Å²) in [5.41, 5.74) is 7.64. The Kier molecular flexibility index (Phi) is 5.12. The van der Waals surface area contributed by atoms with Crippen LogP contribution in [0.4, 0.5) is 0 Å². The predicted octanol–water partition coefficient (Wildman–Crippen LogP) is 0.429. The lowest BCUT2D eigenvalue weighted by Gasteiger charge is -2.18. The van der Waals surface area contributed by atoms with Gasteiger partial charge in [-0.25, -0.2) is 5.10 Å². The van der Waals surface area contributed by atoms with Crippen molar-refractivity contribution in [2.75, 3.05) is 0 Å². The highest BCUT2D eigenvalue weighted by Gasteiger charge is 2.16. The Morgan fingerprint density at radius 1 is 1.50 bits per heavy atom. The van der Waals surface area contributed by atoms with Gasteiger partial charge in [0.2, 0.25) is 0 Å². The minimum absolute atomic E-state index is 0. The SMILES string of the molecule is Cl.Cl.NC1CCc2cc(=O)[nH]nc2C1. The summed E-state index contributed by atoms with van der Waals surface area (Å²) >= 11 is 0. The first kappa shape index (κ1) is 13.4. The molecule has 0 fully saturated rings. The lowest BCUT2D eigenvalue weighted by atomic mass is 9.93. The molecule has 0 bridgehead atoms. The predicted molar refractivity (Wildman–Crippen MR) is 59.4 cm³/mol. The molecule has 1 heterocycles. The van der Waals surface area contributed by atoms with Crippen LogP contribution in [0.2, 0.25) is 0 Å². The number of nitrogens with zero attached hydrogens (tertiary/aromatic N) is 1. The average Bonchev–Trinajstić information content (AvgIpc) is 2.05. The van der Waals surface area contributed by atoms with Crippen molar-refractivity contribution in [2.24, 2.45) is 5.73 Å². The van der Waals surface area contributed by atoms with E-state index in [0.29, 0.717) is 0 Å². The van der Waals surface area contributed by atoms with Gasteiger partial charge in [0.15, 0.2) is 0 Å². The molecule has 1 aromatic rings. The number of hydrogen-bond acceptors (Lipinski definition) is 3. The number of nitrogens with two attached hydrogens (primary N) is 1. The monoisotopic (exact) mass is 237 g/mol. The van der Waals surface area contributed by atoms with E-state index in [1.165, 1.54) is 0 Å². The van der Waals surface area contributed by atoms with Gasteiger partial charge in [0.05, 0.1) is 5.69 Å². The largest absolute Gasteiger partial charge is 0.327 e. The van der Waals surface area contributed by atoms with Gasteiger partial charge in [-0.05, 0) is 18.4 Å². The highest BCUT2D eigenvalue weighted by atomic mass is 35.5.